The van der Waals surface area contributed by atoms with Crippen LogP contribution in [0.25, 0.3) is 5.65 Å². The molecule has 0 spiro atoms. The number of fused-ring (bicyclic) bond motifs is 1. The van der Waals surface area contributed by atoms with E-state index in [-0.39, 0.29) is 0 Å². The van der Waals surface area contributed by atoms with Crippen molar-refractivity contribution in [2.75, 3.05) is 5.73 Å². The summed E-state index contributed by atoms with van der Waals surface area (Å²) in [7, 11) is 0. The van der Waals surface area contributed by atoms with Gasteiger partial charge in [-0.1, -0.05) is 11.6 Å². The van der Waals surface area contributed by atoms with Gasteiger partial charge in [-0.3, -0.25) is 4.40 Å². The van der Waals surface area contributed by atoms with Gasteiger partial charge in [0.2, 0.25) is 0 Å². The third kappa shape index (κ3) is 0.851. The molecule has 0 aliphatic heterocycles. The van der Waals surface area contributed by atoms with Crippen molar-refractivity contribution in [1.29, 1.82) is 0 Å². The lowest BCUT2D eigenvalue weighted by Gasteiger charge is -1.98. The van der Waals surface area contributed by atoms with E-state index in [1.165, 1.54) is 0 Å². The van der Waals surface area contributed by atoms with Crippen molar-refractivity contribution >= 4 is 22.9 Å². The Morgan fingerprint density at radius 1 is 1.45 bits per heavy atom. The zero-order valence-corrected chi connectivity index (χ0v) is 6.42. The first-order valence-corrected chi connectivity index (χ1v) is 3.54. The lowest BCUT2D eigenvalue weighted by molar-refractivity contribution is 1.19. The highest BCUT2D eigenvalue weighted by Crippen LogP contribution is 2.16. The molecule has 0 aliphatic rings. The zero-order valence-electron chi connectivity index (χ0n) is 5.66. The molecular formula is C7H6ClN3. The van der Waals surface area contributed by atoms with Gasteiger partial charge in [-0.25, -0.2) is 4.98 Å². The summed E-state index contributed by atoms with van der Waals surface area (Å²) in [4.78, 5) is 4.03. The van der Waals surface area contributed by atoms with Gasteiger partial charge in [-0.15, -0.1) is 0 Å². The molecule has 0 amide bonds. The summed E-state index contributed by atoms with van der Waals surface area (Å²) in [6.07, 6.45) is 3.44. The molecule has 2 aromatic heterocycles. The van der Waals surface area contributed by atoms with Crippen LogP contribution in [0.2, 0.25) is 5.15 Å². The summed E-state index contributed by atoms with van der Waals surface area (Å²) in [6, 6.07) is 3.48. The molecule has 3 nitrogen and oxygen atoms in total. The van der Waals surface area contributed by atoms with Crippen LogP contribution in [0.15, 0.2) is 24.5 Å². The van der Waals surface area contributed by atoms with Gasteiger partial charge in [0.25, 0.3) is 0 Å². The van der Waals surface area contributed by atoms with E-state index in [1.807, 2.05) is 0 Å². The number of aromatic nitrogens is 2. The summed E-state index contributed by atoms with van der Waals surface area (Å²) in [6.45, 7) is 0. The average molecular weight is 168 g/mol. The Morgan fingerprint density at radius 3 is 3.00 bits per heavy atom. The summed E-state index contributed by atoms with van der Waals surface area (Å²) in [5, 5.41) is 0.617. The Kier molecular flexibility index (Phi) is 1.26. The zero-order chi connectivity index (χ0) is 7.84. The predicted molar refractivity (Wildman–Crippen MR) is 44.6 cm³/mol. The van der Waals surface area contributed by atoms with E-state index < -0.39 is 0 Å². The molecule has 0 radical (unpaired) electrons. The van der Waals surface area contributed by atoms with Crippen LogP contribution in [0.1, 0.15) is 0 Å². The molecule has 0 saturated carbocycles. The molecular weight excluding hydrogens is 162 g/mol. The number of nitrogens with zero attached hydrogens (tertiary/aromatic N) is 2. The maximum absolute atomic E-state index is 5.84. The Bertz CT molecular complexity index is 357. The van der Waals surface area contributed by atoms with Gasteiger partial charge < -0.3 is 5.73 Å². The van der Waals surface area contributed by atoms with Crippen molar-refractivity contribution in [1.82, 2.24) is 9.38 Å². The van der Waals surface area contributed by atoms with Crippen molar-refractivity contribution in [3.05, 3.63) is 29.7 Å². The van der Waals surface area contributed by atoms with Crippen molar-refractivity contribution < 1.29 is 0 Å². The minimum absolute atomic E-state index is 0.617. The number of nitrogens with two attached hydrogens (primary N) is 1. The normalized spacial score (nSPS) is 10.6. The van der Waals surface area contributed by atoms with Gasteiger partial charge >= 0.3 is 0 Å². The van der Waals surface area contributed by atoms with Crippen LogP contribution in [0.5, 0.6) is 0 Å². The maximum Gasteiger partial charge on any atom is 0.161 e. The smallest absolute Gasteiger partial charge is 0.161 e. The fourth-order valence-electron chi connectivity index (χ4n) is 1.00. The average Bonchev–Trinajstić information content (AvgIpc) is 2.45. The van der Waals surface area contributed by atoms with Crippen LogP contribution in [0.4, 0.5) is 5.69 Å². The molecule has 0 atom stereocenters. The standard InChI is InChI=1S/C7H6ClN3/c8-6-2-1-5(9)7-10-3-4-11(6)7/h1-4H,9H2. The second kappa shape index (κ2) is 2.13. The summed E-state index contributed by atoms with van der Waals surface area (Å²) >= 11 is 5.84. The summed E-state index contributed by atoms with van der Waals surface area (Å²) < 4.78 is 1.73. The minimum atomic E-state index is 0.617. The number of rotatable bonds is 0. The van der Waals surface area contributed by atoms with Crippen LogP contribution < -0.4 is 5.73 Å². The van der Waals surface area contributed by atoms with Gasteiger partial charge in [0.15, 0.2) is 5.65 Å². The molecule has 2 heterocycles. The number of halogens is 1. The van der Waals surface area contributed by atoms with Gasteiger partial charge in [0.05, 0.1) is 5.69 Å². The van der Waals surface area contributed by atoms with E-state index >= 15 is 0 Å². The monoisotopic (exact) mass is 167 g/mol. The van der Waals surface area contributed by atoms with Crippen molar-refractivity contribution in [2.24, 2.45) is 0 Å². The molecule has 0 saturated heterocycles. The van der Waals surface area contributed by atoms with Crippen molar-refractivity contribution in [2.45, 2.75) is 0 Å². The first kappa shape index (κ1) is 6.49. The van der Waals surface area contributed by atoms with Gasteiger partial charge in [-0.2, -0.15) is 0 Å². The van der Waals surface area contributed by atoms with Crippen LogP contribution in [-0.2, 0) is 0 Å². The highest BCUT2D eigenvalue weighted by Gasteiger charge is 2.00. The van der Waals surface area contributed by atoms with Crippen molar-refractivity contribution in [3.8, 4) is 0 Å². The molecule has 2 N–H and O–H groups in total. The quantitative estimate of drug-likeness (QED) is 0.606. The molecule has 0 fully saturated rings. The van der Waals surface area contributed by atoms with Crippen LogP contribution >= 0.6 is 11.6 Å². The molecule has 0 aliphatic carbocycles. The molecule has 56 valence electrons. The van der Waals surface area contributed by atoms with E-state index in [0.29, 0.717) is 16.5 Å². The highest BCUT2D eigenvalue weighted by atomic mass is 35.5. The SMILES string of the molecule is Nc1ccc(Cl)n2ccnc12. The molecule has 11 heavy (non-hydrogen) atoms. The summed E-state index contributed by atoms with van der Waals surface area (Å²) in [5.41, 5.74) is 6.97. The topological polar surface area (TPSA) is 43.3 Å². The predicted octanol–water partition coefficient (Wildman–Crippen LogP) is 1.57. The van der Waals surface area contributed by atoms with Gasteiger partial charge in [-0.05, 0) is 12.1 Å². The van der Waals surface area contributed by atoms with Crippen molar-refractivity contribution in [3.63, 3.8) is 0 Å². The van der Waals surface area contributed by atoms with E-state index in [4.69, 9.17) is 17.3 Å². The molecule has 0 aromatic carbocycles. The number of anilines is 1. The number of hydrogen-bond donors (Lipinski definition) is 1. The molecule has 4 heteroatoms. The second-order valence-corrected chi connectivity index (χ2v) is 2.62. The van der Waals surface area contributed by atoms with E-state index in [1.54, 1.807) is 28.9 Å². The second-order valence-electron chi connectivity index (χ2n) is 2.23. The van der Waals surface area contributed by atoms with Gasteiger partial charge in [0.1, 0.15) is 5.15 Å². The largest absolute Gasteiger partial charge is 0.396 e. The maximum atomic E-state index is 5.84. The lowest BCUT2D eigenvalue weighted by atomic mass is 10.4. The molecule has 0 unspecified atom stereocenters. The third-order valence-corrected chi connectivity index (χ3v) is 1.84. The highest BCUT2D eigenvalue weighted by molar-refractivity contribution is 6.29. The first-order valence-electron chi connectivity index (χ1n) is 3.16. The number of imidazole rings is 1. The Labute approximate surface area is 68.4 Å². The third-order valence-electron chi connectivity index (χ3n) is 1.53. The lowest BCUT2D eigenvalue weighted by Crippen LogP contribution is -1.92. The van der Waals surface area contributed by atoms with Crippen LogP contribution in [-0.4, -0.2) is 9.38 Å². The Morgan fingerprint density at radius 2 is 2.27 bits per heavy atom. The van der Waals surface area contributed by atoms with E-state index in [9.17, 15) is 0 Å². The fourth-order valence-corrected chi connectivity index (χ4v) is 1.20. The fraction of sp³-hybridized carbons (Fsp3) is 0. The Balaban J connectivity index is 2.96. The van der Waals surface area contributed by atoms with E-state index in [0.717, 1.165) is 0 Å². The first-order chi connectivity index (χ1) is 5.29. The number of hydrogen-bond acceptors (Lipinski definition) is 2. The van der Waals surface area contributed by atoms with Gasteiger partial charge in [0, 0.05) is 12.4 Å². The Hall–Kier alpha value is -1.22. The number of nitrogen functional groups attached to an aromatic ring is 1. The van der Waals surface area contributed by atoms with Crippen LogP contribution in [0.3, 0.4) is 0 Å². The number of pyridine rings is 1. The molecule has 2 rings (SSSR count). The van der Waals surface area contributed by atoms with Crippen LogP contribution in [0, 0.1) is 0 Å². The molecule has 2 aromatic rings. The minimum Gasteiger partial charge on any atom is -0.396 e. The molecule has 0 bridgehead atoms. The summed E-state index contributed by atoms with van der Waals surface area (Å²) in [5.74, 6) is 0. The van der Waals surface area contributed by atoms with E-state index in [2.05, 4.69) is 4.98 Å².